The summed E-state index contributed by atoms with van der Waals surface area (Å²) in [6.07, 6.45) is 0. The molecule has 2 rings (SSSR count). The smallest absolute Gasteiger partial charge is 0.242 e. The van der Waals surface area contributed by atoms with Crippen LogP contribution in [0.5, 0.6) is 0 Å². The number of halogens is 1. The van der Waals surface area contributed by atoms with Gasteiger partial charge in [0, 0.05) is 17.1 Å². The van der Waals surface area contributed by atoms with Crippen molar-refractivity contribution in [2.24, 2.45) is 0 Å². The van der Waals surface area contributed by atoms with Crippen molar-refractivity contribution in [2.45, 2.75) is 11.4 Å². The average molecular weight is 376 g/mol. The van der Waals surface area contributed by atoms with Crippen LogP contribution in [0.2, 0.25) is 0 Å². The van der Waals surface area contributed by atoms with Gasteiger partial charge in [0.25, 0.3) is 0 Å². The normalized spacial score (nSPS) is 11.5. The molecule has 5 nitrogen and oxygen atoms in total. The van der Waals surface area contributed by atoms with E-state index in [1.54, 1.807) is 23.5 Å². The summed E-state index contributed by atoms with van der Waals surface area (Å²) in [6, 6.07) is 8.71. The average Bonchev–Trinajstić information content (AvgIpc) is 2.83. The van der Waals surface area contributed by atoms with Crippen LogP contribution in [-0.4, -0.2) is 15.5 Å². The van der Waals surface area contributed by atoms with Crippen molar-refractivity contribution in [3.8, 4) is 0 Å². The Morgan fingerprint density at radius 2 is 2.05 bits per heavy atom. The molecule has 0 aliphatic carbocycles. The van der Waals surface area contributed by atoms with Gasteiger partial charge in [0.05, 0.1) is 9.47 Å². The first-order valence-electron chi connectivity index (χ1n) is 5.73. The highest BCUT2D eigenvalue weighted by Crippen LogP contribution is 2.26. The van der Waals surface area contributed by atoms with Gasteiger partial charge in [0.15, 0.2) is 0 Å². The summed E-state index contributed by atoms with van der Waals surface area (Å²) >= 11 is 4.99. The highest BCUT2D eigenvalue weighted by atomic mass is 79.9. The molecule has 1 aromatic heterocycles. The summed E-state index contributed by atoms with van der Waals surface area (Å²) < 4.78 is 27.3. The lowest BCUT2D eigenvalue weighted by molar-refractivity contribution is 0.588. The third kappa shape index (κ3) is 3.51. The SMILES string of the molecule is CNS(=O)(=O)c1cc(N)ccc1NCc1ccc(Br)s1. The molecule has 0 atom stereocenters. The quantitative estimate of drug-likeness (QED) is 0.701. The van der Waals surface area contributed by atoms with Crippen LogP contribution in [0.25, 0.3) is 0 Å². The molecule has 8 heteroatoms. The highest BCUT2D eigenvalue weighted by Gasteiger charge is 2.17. The molecule has 0 amide bonds. The van der Waals surface area contributed by atoms with Gasteiger partial charge < -0.3 is 11.1 Å². The Kier molecular flexibility index (Phi) is 4.69. The summed E-state index contributed by atoms with van der Waals surface area (Å²) in [5.41, 5.74) is 6.60. The number of benzene rings is 1. The van der Waals surface area contributed by atoms with Gasteiger partial charge in [-0.25, -0.2) is 13.1 Å². The number of anilines is 2. The Balaban J connectivity index is 2.27. The molecule has 1 aromatic carbocycles. The zero-order valence-electron chi connectivity index (χ0n) is 10.7. The molecule has 0 aliphatic heterocycles. The maximum absolute atomic E-state index is 12.0. The van der Waals surface area contributed by atoms with Gasteiger partial charge in [-0.3, -0.25) is 0 Å². The summed E-state index contributed by atoms with van der Waals surface area (Å²) in [4.78, 5) is 1.25. The van der Waals surface area contributed by atoms with Crippen LogP contribution in [0.4, 0.5) is 11.4 Å². The topological polar surface area (TPSA) is 84.2 Å². The van der Waals surface area contributed by atoms with Crippen molar-refractivity contribution in [1.82, 2.24) is 4.72 Å². The van der Waals surface area contributed by atoms with Crippen LogP contribution in [0, 0.1) is 0 Å². The third-order valence-electron chi connectivity index (χ3n) is 2.65. The Hall–Kier alpha value is -1.09. The second-order valence-electron chi connectivity index (χ2n) is 4.02. The van der Waals surface area contributed by atoms with Gasteiger partial charge in [-0.2, -0.15) is 0 Å². The second-order valence-corrected chi connectivity index (χ2v) is 8.43. The van der Waals surface area contributed by atoms with E-state index in [9.17, 15) is 8.42 Å². The Morgan fingerprint density at radius 1 is 1.30 bits per heavy atom. The first-order chi connectivity index (χ1) is 9.42. The minimum Gasteiger partial charge on any atom is -0.399 e. The third-order valence-corrected chi connectivity index (χ3v) is 5.72. The lowest BCUT2D eigenvalue weighted by Crippen LogP contribution is -2.20. The predicted octanol–water partition coefficient (Wildman–Crippen LogP) is 2.61. The molecule has 20 heavy (non-hydrogen) atoms. The van der Waals surface area contributed by atoms with Gasteiger partial charge in [0.1, 0.15) is 4.90 Å². The molecular formula is C12H14BrN3O2S2. The molecule has 2 aromatic rings. The maximum Gasteiger partial charge on any atom is 0.242 e. The Labute approximate surface area is 130 Å². The van der Waals surface area contributed by atoms with Crippen LogP contribution >= 0.6 is 27.3 Å². The van der Waals surface area contributed by atoms with Crippen molar-refractivity contribution in [2.75, 3.05) is 18.1 Å². The molecule has 1 heterocycles. The number of thiophene rings is 1. The molecule has 0 bridgehead atoms. The summed E-state index contributed by atoms with van der Waals surface area (Å²) in [7, 11) is -2.18. The van der Waals surface area contributed by atoms with Crippen molar-refractivity contribution >= 4 is 48.7 Å². The summed E-state index contributed by atoms with van der Waals surface area (Å²) in [5, 5.41) is 3.13. The number of sulfonamides is 1. The maximum atomic E-state index is 12.0. The van der Waals surface area contributed by atoms with E-state index in [-0.39, 0.29) is 4.90 Å². The monoisotopic (exact) mass is 375 g/mol. The molecule has 0 radical (unpaired) electrons. The molecule has 0 aliphatic rings. The van der Waals surface area contributed by atoms with Crippen molar-refractivity contribution in [3.63, 3.8) is 0 Å². The fourth-order valence-electron chi connectivity index (χ4n) is 1.65. The van der Waals surface area contributed by atoms with E-state index in [0.29, 0.717) is 17.9 Å². The lowest BCUT2D eigenvalue weighted by atomic mass is 10.3. The fourth-order valence-corrected chi connectivity index (χ4v) is 4.01. The van der Waals surface area contributed by atoms with Crippen molar-refractivity contribution < 1.29 is 8.42 Å². The van der Waals surface area contributed by atoms with Crippen LogP contribution < -0.4 is 15.8 Å². The molecule has 0 spiro atoms. The van der Waals surface area contributed by atoms with E-state index in [1.807, 2.05) is 12.1 Å². The molecule has 4 N–H and O–H groups in total. The van der Waals surface area contributed by atoms with E-state index in [1.165, 1.54) is 13.1 Å². The Morgan fingerprint density at radius 3 is 2.65 bits per heavy atom. The largest absolute Gasteiger partial charge is 0.399 e. The summed E-state index contributed by atoms with van der Waals surface area (Å²) in [5.74, 6) is 0. The number of nitrogens with two attached hydrogens (primary N) is 1. The van der Waals surface area contributed by atoms with E-state index in [2.05, 4.69) is 26.0 Å². The number of hydrogen-bond acceptors (Lipinski definition) is 5. The van der Waals surface area contributed by atoms with Crippen LogP contribution in [0.1, 0.15) is 4.88 Å². The van der Waals surface area contributed by atoms with Crippen LogP contribution in [-0.2, 0) is 16.6 Å². The Bertz CT molecular complexity index is 713. The predicted molar refractivity (Wildman–Crippen MR) is 86.4 cm³/mol. The molecule has 108 valence electrons. The standard InChI is InChI=1S/C12H14BrN3O2S2/c1-15-20(17,18)11-6-8(14)2-4-10(11)16-7-9-3-5-12(13)19-9/h2-6,15-16H,7,14H2,1H3. The minimum atomic E-state index is -3.55. The lowest BCUT2D eigenvalue weighted by Gasteiger charge is -2.12. The van der Waals surface area contributed by atoms with Crippen molar-refractivity contribution in [3.05, 3.63) is 39.0 Å². The highest BCUT2D eigenvalue weighted by molar-refractivity contribution is 9.11. The number of nitrogens with one attached hydrogen (secondary N) is 2. The molecule has 0 saturated heterocycles. The van der Waals surface area contributed by atoms with Gasteiger partial charge in [0.2, 0.25) is 10.0 Å². The van der Waals surface area contributed by atoms with E-state index in [0.717, 1.165) is 8.66 Å². The van der Waals surface area contributed by atoms with E-state index in [4.69, 9.17) is 5.73 Å². The fraction of sp³-hybridized carbons (Fsp3) is 0.167. The summed E-state index contributed by atoms with van der Waals surface area (Å²) in [6.45, 7) is 0.548. The number of rotatable bonds is 5. The molecule has 0 unspecified atom stereocenters. The van der Waals surface area contributed by atoms with Crippen LogP contribution in [0.3, 0.4) is 0 Å². The van der Waals surface area contributed by atoms with Gasteiger partial charge in [-0.1, -0.05) is 0 Å². The second kappa shape index (κ2) is 6.13. The van der Waals surface area contributed by atoms with Gasteiger partial charge in [-0.05, 0) is 53.3 Å². The molecule has 0 fully saturated rings. The minimum absolute atomic E-state index is 0.149. The zero-order valence-corrected chi connectivity index (χ0v) is 13.9. The number of hydrogen-bond donors (Lipinski definition) is 3. The van der Waals surface area contributed by atoms with E-state index < -0.39 is 10.0 Å². The van der Waals surface area contributed by atoms with E-state index >= 15 is 0 Å². The zero-order chi connectivity index (χ0) is 14.8. The van der Waals surface area contributed by atoms with Gasteiger partial charge in [-0.15, -0.1) is 11.3 Å². The first kappa shape index (κ1) is 15.3. The molecular weight excluding hydrogens is 362 g/mol. The molecule has 0 saturated carbocycles. The van der Waals surface area contributed by atoms with Crippen molar-refractivity contribution in [1.29, 1.82) is 0 Å². The van der Waals surface area contributed by atoms with Crippen LogP contribution in [0.15, 0.2) is 39.0 Å². The first-order valence-corrected chi connectivity index (χ1v) is 8.83. The van der Waals surface area contributed by atoms with Gasteiger partial charge >= 0.3 is 0 Å². The number of nitrogen functional groups attached to an aromatic ring is 1.